The normalized spacial score (nSPS) is 23.0. The number of piperazine rings is 1. The highest BCUT2D eigenvalue weighted by atomic mass is 16.5. The Kier molecular flexibility index (Phi) is 6.37. The van der Waals surface area contributed by atoms with E-state index in [9.17, 15) is 4.79 Å². The smallest absolute Gasteiger partial charge is 0.225 e. The molecule has 0 bridgehead atoms. The SMILES string of the molecule is COc1cccc(N2CCN(C(=O)C3CCN(C4CCOCC4)CC3)CC2)c1. The van der Waals surface area contributed by atoms with Gasteiger partial charge < -0.3 is 24.2 Å². The molecule has 6 nitrogen and oxygen atoms in total. The molecule has 0 unspecified atom stereocenters. The summed E-state index contributed by atoms with van der Waals surface area (Å²) in [6.45, 7) is 7.31. The molecule has 1 aromatic carbocycles. The zero-order chi connectivity index (χ0) is 19.3. The lowest BCUT2D eigenvalue weighted by atomic mass is 9.92. The summed E-state index contributed by atoms with van der Waals surface area (Å²) in [6, 6.07) is 8.85. The fourth-order valence-corrected chi connectivity index (χ4v) is 4.81. The minimum Gasteiger partial charge on any atom is -0.497 e. The Morgan fingerprint density at radius 3 is 2.39 bits per heavy atom. The maximum absolute atomic E-state index is 13.0. The van der Waals surface area contributed by atoms with E-state index in [1.54, 1.807) is 7.11 Å². The van der Waals surface area contributed by atoms with Crippen molar-refractivity contribution in [1.29, 1.82) is 0 Å². The molecule has 1 aromatic rings. The van der Waals surface area contributed by atoms with Gasteiger partial charge in [-0.25, -0.2) is 0 Å². The Balaban J connectivity index is 1.25. The predicted molar refractivity (Wildman–Crippen MR) is 110 cm³/mol. The zero-order valence-electron chi connectivity index (χ0n) is 17.0. The quantitative estimate of drug-likeness (QED) is 0.793. The largest absolute Gasteiger partial charge is 0.497 e. The van der Waals surface area contributed by atoms with Crippen LogP contribution in [0, 0.1) is 5.92 Å². The molecule has 4 rings (SSSR count). The van der Waals surface area contributed by atoms with Crippen LogP contribution in [0.5, 0.6) is 5.75 Å². The molecule has 0 spiro atoms. The van der Waals surface area contributed by atoms with Crippen molar-refractivity contribution in [3.63, 3.8) is 0 Å². The molecule has 0 saturated carbocycles. The number of methoxy groups -OCH3 is 1. The highest BCUT2D eigenvalue weighted by Crippen LogP contribution is 2.26. The van der Waals surface area contributed by atoms with Crippen LogP contribution in [0.4, 0.5) is 5.69 Å². The molecule has 3 heterocycles. The minimum absolute atomic E-state index is 0.208. The Bertz CT molecular complexity index is 646. The van der Waals surface area contributed by atoms with E-state index < -0.39 is 0 Å². The van der Waals surface area contributed by atoms with Gasteiger partial charge in [0.1, 0.15) is 5.75 Å². The van der Waals surface area contributed by atoms with Gasteiger partial charge in [-0.05, 0) is 50.9 Å². The first-order chi connectivity index (χ1) is 13.7. The Labute approximate surface area is 168 Å². The van der Waals surface area contributed by atoms with Crippen LogP contribution < -0.4 is 9.64 Å². The van der Waals surface area contributed by atoms with Crippen molar-refractivity contribution in [2.45, 2.75) is 31.7 Å². The number of carbonyl (C=O) groups is 1. The Hall–Kier alpha value is -1.79. The van der Waals surface area contributed by atoms with Crippen molar-refractivity contribution < 1.29 is 14.3 Å². The van der Waals surface area contributed by atoms with Crippen LogP contribution in [0.25, 0.3) is 0 Å². The van der Waals surface area contributed by atoms with E-state index >= 15 is 0 Å². The van der Waals surface area contributed by atoms with Gasteiger partial charge >= 0.3 is 0 Å². The van der Waals surface area contributed by atoms with Gasteiger partial charge in [0.05, 0.1) is 7.11 Å². The van der Waals surface area contributed by atoms with Crippen LogP contribution >= 0.6 is 0 Å². The number of carbonyl (C=O) groups excluding carboxylic acids is 1. The van der Waals surface area contributed by atoms with Gasteiger partial charge in [-0.1, -0.05) is 6.07 Å². The van der Waals surface area contributed by atoms with Crippen LogP contribution in [0.3, 0.4) is 0 Å². The van der Waals surface area contributed by atoms with Crippen molar-refractivity contribution in [1.82, 2.24) is 9.80 Å². The number of anilines is 1. The second kappa shape index (κ2) is 9.14. The first-order valence-corrected chi connectivity index (χ1v) is 10.7. The molecule has 0 atom stereocenters. The van der Waals surface area contributed by atoms with Gasteiger partial charge in [0, 0.05) is 63.1 Å². The topological polar surface area (TPSA) is 45.2 Å². The summed E-state index contributed by atoms with van der Waals surface area (Å²) in [7, 11) is 1.70. The van der Waals surface area contributed by atoms with Crippen LogP contribution in [0.15, 0.2) is 24.3 Å². The van der Waals surface area contributed by atoms with Gasteiger partial charge in [-0.15, -0.1) is 0 Å². The third kappa shape index (κ3) is 4.44. The third-order valence-electron chi connectivity index (χ3n) is 6.60. The summed E-state index contributed by atoms with van der Waals surface area (Å²) in [5, 5.41) is 0. The number of hydrogen-bond donors (Lipinski definition) is 0. The van der Waals surface area contributed by atoms with Gasteiger partial charge in [0.15, 0.2) is 0 Å². The number of nitrogens with zero attached hydrogens (tertiary/aromatic N) is 3. The van der Waals surface area contributed by atoms with Crippen LogP contribution in [0.2, 0.25) is 0 Å². The molecule has 3 aliphatic heterocycles. The average molecular weight is 388 g/mol. The second-order valence-electron chi connectivity index (χ2n) is 8.17. The number of benzene rings is 1. The highest BCUT2D eigenvalue weighted by molar-refractivity contribution is 5.79. The number of ether oxygens (including phenoxy) is 2. The molecule has 3 fully saturated rings. The maximum atomic E-state index is 13.0. The molecule has 6 heteroatoms. The van der Waals surface area contributed by atoms with Crippen molar-refractivity contribution >= 4 is 11.6 Å². The summed E-state index contributed by atoms with van der Waals surface area (Å²) in [5.74, 6) is 1.46. The predicted octanol–water partition coefficient (Wildman–Crippen LogP) is 2.23. The number of likely N-dealkylation sites (tertiary alicyclic amines) is 1. The van der Waals surface area contributed by atoms with Crippen LogP contribution in [-0.4, -0.2) is 81.3 Å². The molecule has 28 heavy (non-hydrogen) atoms. The molecular weight excluding hydrogens is 354 g/mol. The average Bonchev–Trinajstić information content (AvgIpc) is 2.79. The van der Waals surface area contributed by atoms with E-state index in [-0.39, 0.29) is 5.92 Å². The number of hydrogen-bond acceptors (Lipinski definition) is 5. The summed E-state index contributed by atoms with van der Waals surface area (Å²) < 4.78 is 10.8. The van der Waals surface area contributed by atoms with Gasteiger partial charge in [-0.2, -0.15) is 0 Å². The maximum Gasteiger partial charge on any atom is 0.225 e. The van der Waals surface area contributed by atoms with Gasteiger partial charge in [0.2, 0.25) is 5.91 Å². The van der Waals surface area contributed by atoms with Gasteiger partial charge in [-0.3, -0.25) is 4.79 Å². The molecule has 154 valence electrons. The number of rotatable bonds is 4. The molecule has 1 amide bonds. The lowest BCUT2D eigenvalue weighted by molar-refractivity contribution is -0.137. The highest BCUT2D eigenvalue weighted by Gasteiger charge is 2.32. The molecule has 3 saturated heterocycles. The second-order valence-corrected chi connectivity index (χ2v) is 8.17. The number of piperidine rings is 1. The van der Waals surface area contributed by atoms with Gasteiger partial charge in [0.25, 0.3) is 0 Å². The van der Waals surface area contributed by atoms with Crippen molar-refractivity contribution in [3.05, 3.63) is 24.3 Å². The van der Waals surface area contributed by atoms with E-state index in [2.05, 4.69) is 26.8 Å². The van der Waals surface area contributed by atoms with E-state index in [1.165, 1.54) is 5.69 Å². The van der Waals surface area contributed by atoms with E-state index in [0.29, 0.717) is 11.9 Å². The first-order valence-electron chi connectivity index (χ1n) is 10.7. The summed E-state index contributed by atoms with van der Waals surface area (Å²) in [4.78, 5) is 20.1. The third-order valence-corrected chi connectivity index (χ3v) is 6.60. The summed E-state index contributed by atoms with van der Waals surface area (Å²) in [5.41, 5.74) is 1.18. The van der Waals surface area contributed by atoms with E-state index in [4.69, 9.17) is 9.47 Å². The van der Waals surface area contributed by atoms with Crippen molar-refractivity contribution in [2.24, 2.45) is 5.92 Å². The van der Waals surface area contributed by atoms with Crippen LogP contribution in [0.1, 0.15) is 25.7 Å². The minimum atomic E-state index is 0.208. The van der Waals surface area contributed by atoms with Crippen LogP contribution in [-0.2, 0) is 9.53 Å². The standard InChI is InChI=1S/C22H33N3O3/c1-27-21-4-2-3-20(17-21)24-11-13-25(14-12-24)22(26)18-5-9-23(10-6-18)19-7-15-28-16-8-19/h2-4,17-19H,5-16H2,1H3. The van der Waals surface area contributed by atoms with Crippen molar-refractivity contribution in [3.8, 4) is 5.75 Å². The Morgan fingerprint density at radius 1 is 1.00 bits per heavy atom. The zero-order valence-corrected chi connectivity index (χ0v) is 17.0. The monoisotopic (exact) mass is 387 g/mol. The van der Waals surface area contributed by atoms with E-state index in [1.807, 2.05) is 12.1 Å². The lowest BCUT2D eigenvalue weighted by Crippen LogP contribution is -2.52. The molecule has 0 N–H and O–H groups in total. The number of amides is 1. The van der Waals surface area contributed by atoms with Crippen molar-refractivity contribution in [2.75, 3.05) is 64.5 Å². The molecule has 3 aliphatic rings. The molecule has 0 aliphatic carbocycles. The lowest BCUT2D eigenvalue weighted by Gasteiger charge is -2.41. The fraction of sp³-hybridized carbons (Fsp3) is 0.682. The Morgan fingerprint density at radius 2 is 1.71 bits per heavy atom. The fourth-order valence-electron chi connectivity index (χ4n) is 4.81. The first kappa shape index (κ1) is 19.5. The molecular formula is C22H33N3O3. The summed E-state index contributed by atoms with van der Waals surface area (Å²) in [6.07, 6.45) is 4.30. The molecule has 0 radical (unpaired) electrons. The summed E-state index contributed by atoms with van der Waals surface area (Å²) >= 11 is 0. The van der Waals surface area contributed by atoms with E-state index in [0.717, 1.165) is 83.9 Å². The molecule has 0 aromatic heterocycles.